The van der Waals surface area contributed by atoms with Crippen molar-refractivity contribution < 1.29 is 28.0 Å². The van der Waals surface area contributed by atoms with Gasteiger partial charge in [-0.15, -0.1) is 0 Å². The molecule has 0 aliphatic carbocycles. The maximum atomic E-state index is 13.1. The van der Waals surface area contributed by atoms with E-state index in [-0.39, 0.29) is 12.5 Å². The van der Waals surface area contributed by atoms with Gasteiger partial charge in [0.15, 0.2) is 5.65 Å². The topological polar surface area (TPSA) is 146 Å². The first-order chi connectivity index (χ1) is 13.3. The monoisotopic (exact) mass is 429 g/mol. The predicted octanol–water partition coefficient (Wildman–Crippen LogP) is 2.02. The van der Waals surface area contributed by atoms with Crippen LogP contribution in [0.3, 0.4) is 0 Å². The summed E-state index contributed by atoms with van der Waals surface area (Å²) >= 11 is 1.31. The molecule has 0 fully saturated rings. The Balaban J connectivity index is 1.90. The van der Waals surface area contributed by atoms with Gasteiger partial charge < -0.3 is 24.8 Å². The number of nitrogens with zero attached hydrogens (tertiary/aromatic N) is 4. The van der Waals surface area contributed by atoms with E-state index < -0.39 is 20.6 Å². The molecule has 3 rings (SSSR count). The van der Waals surface area contributed by atoms with Crippen LogP contribution in [0.25, 0.3) is 11.2 Å². The summed E-state index contributed by atoms with van der Waals surface area (Å²) in [6, 6.07) is 7.29. The maximum Gasteiger partial charge on any atom is 0.470 e. The van der Waals surface area contributed by atoms with E-state index in [2.05, 4.69) is 19.5 Å². The third-order valence-corrected chi connectivity index (χ3v) is 5.14. The van der Waals surface area contributed by atoms with Gasteiger partial charge in [-0.05, 0) is 24.3 Å². The Labute approximate surface area is 163 Å². The van der Waals surface area contributed by atoms with Crippen LogP contribution in [0.4, 0.5) is 10.3 Å². The summed E-state index contributed by atoms with van der Waals surface area (Å²) in [6.45, 7) is -1.31. The second-order valence-electron chi connectivity index (χ2n) is 5.61. The highest BCUT2D eigenvalue weighted by atomic mass is 32.2. The Kier molecular flexibility index (Phi) is 6.16. The van der Waals surface area contributed by atoms with Crippen LogP contribution in [-0.2, 0) is 15.6 Å². The van der Waals surface area contributed by atoms with E-state index >= 15 is 0 Å². The minimum Gasteiger partial charge on any atom is -0.497 e. The van der Waals surface area contributed by atoms with Crippen molar-refractivity contribution in [3.05, 3.63) is 30.6 Å². The molecule has 2 aromatic heterocycles. The van der Waals surface area contributed by atoms with Crippen LogP contribution < -0.4 is 10.5 Å². The normalized spacial score (nSPS) is 13.0. The Morgan fingerprint density at radius 3 is 2.64 bits per heavy atom. The van der Waals surface area contributed by atoms with Gasteiger partial charge in [0.1, 0.15) is 29.1 Å². The Morgan fingerprint density at radius 2 is 2.04 bits per heavy atom. The van der Waals surface area contributed by atoms with Crippen molar-refractivity contribution in [2.24, 2.45) is 0 Å². The fraction of sp³-hybridized carbons (Fsp3) is 0.267. The smallest absolute Gasteiger partial charge is 0.470 e. The van der Waals surface area contributed by atoms with Gasteiger partial charge >= 0.3 is 7.82 Å². The highest BCUT2D eigenvalue weighted by Crippen LogP contribution is 2.38. The summed E-state index contributed by atoms with van der Waals surface area (Å²) in [7, 11) is -3.26. The summed E-state index contributed by atoms with van der Waals surface area (Å²) in [5.74, 6) is 0.696. The fourth-order valence-electron chi connectivity index (χ4n) is 2.42. The molecule has 0 bridgehead atoms. The number of aromatic nitrogens is 4. The number of hydrogen-bond donors (Lipinski definition) is 3. The molecule has 1 atom stereocenters. The summed E-state index contributed by atoms with van der Waals surface area (Å²) in [4.78, 5) is 31.2. The first kappa shape index (κ1) is 20.5. The third-order valence-electron chi connectivity index (χ3n) is 3.58. The summed E-state index contributed by atoms with van der Waals surface area (Å²) in [5, 5.41) is 0.485. The maximum absolute atomic E-state index is 13.1. The lowest BCUT2D eigenvalue weighted by molar-refractivity contribution is 0.0993. The summed E-state index contributed by atoms with van der Waals surface area (Å²) in [5.41, 5.74) is 6.51. The van der Waals surface area contributed by atoms with E-state index in [1.165, 1.54) is 22.7 Å². The van der Waals surface area contributed by atoms with Gasteiger partial charge in [-0.25, -0.2) is 18.9 Å². The van der Waals surface area contributed by atoms with Crippen LogP contribution in [0, 0.1) is 0 Å². The quantitative estimate of drug-likeness (QED) is 0.359. The number of rotatable bonds is 8. The van der Waals surface area contributed by atoms with Crippen LogP contribution in [0.1, 0.15) is 0 Å². The lowest BCUT2D eigenvalue weighted by atomic mass is 10.3. The highest BCUT2D eigenvalue weighted by molar-refractivity contribution is 7.99. The van der Waals surface area contributed by atoms with Crippen LogP contribution in [0.5, 0.6) is 5.75 Å². The molecule has 13 heteroatoms. The number of nitrogen functional groups attached to an aromatic ring is 1. The van der Waals surface area contributed by atoms with Gasteiger partial charge in [0, 0.05) is 4.90 Å². The van der Waals surface area contributed by atoms with Crippen molar-refractivity contribution in [3.8, 4) is 5.75 Å². The van der Waals surface area contributed by atoms with Crippen molar-refractivity contribution in [1.29, 1.82) is 0 Å². The number of benzene rings is 1. The molecule has 4 N–H and O–H groups in total. The van der Waals surface area contributed by atoms with Gasteiger partial charge in [-0.2, -0.15) is 4.98 Å². The zero-order chi connectivity index (χ0) is 20.3. The Morgan fingerprint density at radius 1 is 1.32 bits per heavy atom. The number of anilines is 1. The Hall–Kier alpha value is -2.24. The molecule has 150 valence electrons. The number of ether oxygens (including phenoxy) is 1. The van der Waals surface area contributed by atoms with E-state index in [4.69, 9.17) is 20.3 Å². The SMILES string of the molecule is COc1ccc(Sc2nc(N)nc3c2ncn3C[C@@H](CF)OP(=O)(O)O)cc1. The molecule has 0 spiro atoms. The summed E-state index contributed by atoms with van der Waals surface area (Å²) < 4.78 is 35.1. The third kappa shape index (κ3) is 4.97. The number of halogens is 1. The molecule has 0 unspecified atom stereocenters. The number of hydrogen-bond acceptors (Lipinski definition) is 8. The molecule has 1 aromatic carbocycles. The number of alkyl halides is 1. The lowest BCUT2D eigenvalue weighted by Gasteiger charge is -2.15. The van der Waals surface area contributed by atoms with Crippen LogP contribution in [-0.4, -0.2) is 49.2 Å². The average molecular weight is 429 g/mol. The lowest BCUT2D eigenvalue weighted by Crippen LogP contribution is -2.21. The highest BCUT2D eigenvalue weighted by Gasteiger charge is 2.24. The second kappa shape index (κ2) is 8.41. The van der Waals surface area contributed by atoms with Crippen LogP contribution >= 0.6 is 19.6 Å². The predicted molar refractivity (Wildman–Crippen MR) is 99.7 cm³/mol. The molecule has 2 heterocycles. The number of phosphoric acid groups is 1. The number of fused-ring (bicyclic) bond motifs is 1. The number of methoxy groups -OCH3 is 1. The molecule has 10 nitrogen and oxygen atoms in total. The fourth-order valence-corrected chi connectivity index (χ4v) is 3.81. The van der Waals surface area contributed by atoms with E-state index in [0.29, 0.717) is 21.9 Å². The molecule has 0 radical (unpaired) electrons. The largest absolute Gasteiger partial charge is 0.497 e. The average Bonchev–Trinajstić information content (AvgIpc) is 3.03. The minimum absolute atomic E-state index is 0.0158. The molecule has 28 heavy (non-hydrogen) atoms. The molecule has 0 amide bonds. The molecular weight excluding hydrogens is 412 g/mol. The van der Waals surface area contributed by atoms with Crippen molar-refractivity contribution in [1.82, 2.24) is 19.5 Å². The molecular formula is C15H17FN5O5PS. The van der Waals surface area contributed by atoms with Gasteiger partial charge in [0.25, 0.3) is 0 Å². The van der Waals surface area contributed by atoms with Crippen molar-refractivity contribution in [2.45, 2.75) is 22.6 Å². The van der Waals surface area contributed by atoms with Crippen molar-refractivity contribution >= 4 is 36.7 Å². The van der Waals surface area contributed by atoms with Gasteiger partial charge in [0.05, 0.1) is 20.0 Å². The van der Waals surface area contributed by atoms with Crippen molar-refractivity contribution in [2.75, 3.05) is 19.5 Å². The van der Waals surface area contributed by atoms with Gasteiger partial charge in [0.2, 0.25) is 5.95 Å². The molecule has 0 saturated heterocycles. The summed E-state index contributed by atoms with van der Waals surface area (Å²) in [6.07, 6.45) is -0.00476. The number of phosphoric ester groups is 1. The number of imidazole rings is 1. The van der Waals surface area contributed by atoms with Gasteiger partial charge in [-0.1, -0.05) is 11.8 Å². The van der Waals surface area contributed by atoms with E-state index in [1.807, 2.05) is 12.1 Å². The van der Waals surface area contributed by atoms with E-state index in [9.17, 15) is 8.96 Å². The Bertz CT molecular complexity index is 1010. The molecule has 0 aliphatic heterocycles. The second-order valence-corrected chi connectivity index (χ2v) is 7.86. The minimum atomic E-state index is -4.83. The zero-order valence-corrected chi connectivity index (χ0v) is 16.3. The molecule has 0 saturated carbocycles. The van der Waals surface area contributed by atoms with E-state index in [1.54, 1.807) is 19.2 Å². The molecule has 0 aliphatic rings. The number of nitrogens with two attached hydrogens (primary N) is 1. The van der Waals surface area contributed by atoms with Gasteiger partial charge in [-0.3, -0.25) is 4.52 Å². The van der Waals surface area contributed by atoms with Crippen LogP contribution in [0.15, 0.2) is 40.5 Å². The molecule has 3 aromatic rings. The first-order valence-corrected chi connectivity index (χ1v) is 10.2. The van der Waals surface area contributed by atoms with Crippen LogP contribution in [0.2, 0.25) is 0 Å². The van der Waals surface area contributed by atoms with E-state index in [0.717, 1.165) is 4.90 Å². The van der Waals surface area contributed by atoms with Crippen molar-refractivity contribution in [3.63, 3.8) is 0 Å². The zero-order valence-electron chi connectivity index (χ0n) is 14.6. The first-order valence-electron chi connectivity index (χ1n) is 7.89. The standard InChI is InChI=1S/C15H17FN5O5PS/c1-25-9-2-4-11(5-3-9)28-14-12-13(19-15(17)20-14)21(8-18-12)7-10(6-16)26-27(22,23)24/h2-5,8,10H,6-7H2,1H3,(H2,17,19,20)(H2,22,23,24)/t10-/m1/s1.